The summed E-state index contributed by atoms with van der Waals surface area (Å²) in [6, 6.07) is -2.77. The molecule has 0 aromatic rings. The number of carboxylic acid groups (broad SMARTS) is 1. The number of carboxylic acids is 1. The molecule has 0 unspecified atom stereocenters. The van der Waals surface area contributed by atoms with Crippen LogP contribution >= 0.6 is 0 Å². The first kappa shape index (κ1) is 21.8. The van der Waals surface area contributed by atoms with Crippen LogP contribution in [0.15, 0.2) is 0 Å². The standard InChI is InChI=1S/C15H28N4O5/c1-8(2)7-11(19-12(20)5-6-16)14(22)17-9(3)13(21)18-10(4)15(23)24/h8-11H,5-7,16H2,1-4H3,(H,17,22)(H,18,21)(H,19,20)(H,23,24)/t9-,10-,11-/m0/s1. The van der Waals surface area contributed by atoms with Crippen LogP contribution in [0.1, 0.15) is 40.5 Å². The Morgan fingerprint density at radius 2 is 1.46 bits per heavy atom. The highest BCUT2D eigenvalue weighted by Gasteiger charge is 2.26. The Morgan fingerprint density at radius 1 is 0.917 bits per heavy atom. The van der Waals surface area contributed by atoms with Crippen LogP contribution in [0.5, 0.6) is 0 Å². The van der Waals surface area contributed by atoms with Gasteiger partial charge in [0.05, 0.1) is 0 Å². The summed E-state index contributed by atoms with van der Waals surface area (Å²) < 4.78 is 0. The Bertz CT molecular complexity index is 467. The number of rotatable bonds is 10. The predicted octanol–water partition coefficient (Wildman–Crippen LogP) is -1.04. The Balaban J connectivity index is 4.75. The normalized spacial score (nSPS) is 14.4. The van der Waals surface area contributed by atoms with E-state index in [1.807, 2.05) is 13.8 Å². The molecule has 0 aromatic carbocycles. The van der Waals surface area contributed by atoms with Crippen LogP contribution in [-0.2, 0) is 19.2 Å². The quantitative estimate of drug-likeness (QED) is 0.341. The lowest BCUT2D eigenvalue weighted by atomic mass is 10.0. The molecule has 0 aliphatic rings. The number of nitrogens with one attached hydrogen (secondary N) is 3. The molecule has 0 radical (unpaired) electrons. The van der Waals surface area contributed by atoms with Crippen molar-refractivity contribution in [1.82, 2.24) is 16.0 Å². The average molecular weight is 344 g/mol. The van der Waals surface area contributed by atoms with E-state index in [0.29, 0.717) is 6.42 Å². The number of amides is 3. The van der Waals surface area contributed by atoms with Gasteiger partial charge in [0.25, 0.3) is 0 Å². The van der Waals surface area contributed by atoms with E-state index in [4.69, 9.17) is 10.8 Å². The van der Waals surface area contributed by atoms with Gasteiger partial charge in [0.1, 0.15) is 18.1 Å². The van der Waals surface area contributed by atoms with Gasteiger partial charge in [-0.25, -0.2) is 0 Å². The molecule has 138 valence electrons. The van der Waals surface area contributed by atoms with Gasteiger partial charge in [-0.3, -0.25) is 19.2 Å². The molecule has 24 heavy (non-hydrogen) atoms. The van der Waals surface area contributed by atoms with Crippen molar-refractivity contribution in [3.05, 3.63) is 0 Å². The van der Waals surface area contributed by atoms with E-state index in [2.05, 4.69) is 16.0 Å². The largest absolute Gasteiger partial charge is 0.480 e. The Kier molecular flexibility index (Phi) is 9.63. The van der Waals surface area contributed by atoms with Crippen molar-refractivity contribution in [1.29, 1.82) is 0 Å². The lowest BCUT2D eigenvalue weighted by Gasteiger charge is -2.23. The van der Waals surface area contributed by atoms with Crippen LogP contribution in [-0.4, -0.2) is 53.5 Å². The van der Waals surface area contributed by atoms with Crippen LogP contribution in [0.2, 0.25) is 0 Å². The third kappa shape index (κ3) is 8.47. The first-order valence-corrected chi connectivity index (χ1v) is 7.91. The minimum Gasteiger partial charge on any atom is -0.480 e. The van der Waals surface area contributed by atoms with Gasteiger partial charge in [-0.1, -0.05) is 13.8 Å². The summed E-state index contributed by atoms with van der Waals surface area (Å²) in [5.74, 6) is -2.48. The molecule has 0 saturated heterocycles. The topological polar surface area (TPSA) is 151 Å². The van der Waals surface area contributed by atoms with Gasteiger partial charge in [-0.2, -0.15) is 0 Å². The van der Waals surface area contributed by atoms with Crippen LogP contribution in [0.4, 0.5) is 0 Å². The minimum atomic E-state index is -1.17. The molecule has 0 rings (SSSR count). The van der Waals surface area contributed by atoms with Crippen molar-refractivity contribution in [3.63, 3.8) is 0 Å². The van der Waals surface area contributed by atoms with Crippen LogP contribution in [0.25, 0.3) is 0 Å². The molecule has 0 aliphatic heterocycles. The predicted molar refractivity (Wildman–Crippen MR) is 87.9 cm³/mol. The van der Waals surface area contributed by atoms with Crippen molar-refractivity contribution in [3.8, 4) is 0 Å². The van der Waals surface area contributed by atoms with Crippen LogP contribution in [0, 0.1) is 5.92 Å². The number of hydrogen-bond donors (Lipinski definition) is 5. The maximum atomic E-state index is 12.3. The number of hydrogen-bond acceptors (Lipinski definition) is 5. The number of carbonyl (C=O) groups is 4. The maximum absolute atomic E-state index is 12.3. The zero-order valence-electron chi connectivity index (χ0n) is 14.6. The molecule has 9 nitrogen and oxygen atoms in total. The maximum Gasteiger partial charge on any atom is 0.325 e. The van der Waals surface area contributed by atoms with E-state index in [1.165, 1.54) is 13.8 Å². The first-order valence-electron chi connectivity index (χ1n) is 7.91. The van der Waals surface area contributed by atoms with E-state index < -0.39 is 35.9 Å². The van der Waals surface area contributed by atoms with Crippen molar-refractivity contribution in [2.75, 3.05) is 6.54 Å². The van der Waals surface area contributed by atoms with Gasteiger partial charge in [-0.05, 0) is 26.2 Å². The molecule has 0 heterocycles. The average Bonchev–Trinajstić information content (AvgIpc) is 2.45. The molecule has 6 N–H and O–H groups in total. The van der Waals surface area contributed by atoms with Gasteiger partial charge in [0.15, 0.2) is 0 Å². The molecule has 0 saturated carbocycles. The second-order valence-corrected chi connectivity index (χ2v) is 6.09. The first-order chi connectivity index (χ1) is 11.1. The lowest BCUT2D eigenvalue weighted by Crippen LogP contribution is -2.54. The molecule has 0 fully saturated rings. The summed E-state index contributed by atoms with van der Waals surface area (Å²) in [7, 11) is 0. The Labute approximate surface area is 141 Å². The molecular formula is C15H28N4O5. The highest BCUT2D eigenvalue weighted by atomic mass is 16.4. The van der Waals surface area contributed by atoms with Crippen molar-refractivity contribution in [2.45, 2.75) is 58.7 Å². The smallest absolute Gasteiger partial charge is 0.325 e. The van der Waals surface area contributed by atoms with Crippen molar-refractivity contribution < 1.29 is 24.3 Å². The van der Waals surface area contributed by atoms with Gasteiger partial charge in [0, 0.05) is 13.0 Å². The van der Waals surface area contributed by atoms with Crippen molar-refractivity contribution in [2.24, 2.45) is 11.7 Å². The van der Waals surface area contributed by atoms with Gasteiger partial charge in [0.2, 0.25) is 17.7 Å². The summed E-state index contributed by atoms with van der Waals surface area (Å²) in [6.45, 7) is 6.74. The van der Waals surface area contributed by atoms with Crippen LogP contribution in [0.3, 0.4) is 0 Å². The zero-order chi connectivity index (χ0) is 18.9. The molecule has 0 bridgehead atoms. The van der Waals surface area contributed by atoms with E-state index >= 15 is 0 Å². The van der Waals surface area contributed by atoms with E-state index in [0.717, 1.165) is 0 Å². The summed E-state index contributed by atoms with van der Waals surface area (Å²) in [6.07, 6.45) is 0.510. The van der Waals surface area contributed by atoms with E-state index in [9.17, 15) is 19.2 Å². The number of carbonyl (C=O) groups excluding carboxylic acids is 3. The molecule has 0 aliphatic carbocycles. The fraction of sp³-hybridized carbons (Fsp3) is 0.733. The third-order valence-corrected chi connectivity index (χ3v) is 3.21. The third-order valence-electron chi connectivity index (χ3n) is 3.21. The Morgan fingerprint density at radius 3 is 1.92 bits per heavy atom. The molecular weight excluding hydrogens is 316 g/mol. The van der Waals surface area contributed by atoms with E-state index in [-0.39, 0.29) is 24.8 Å². The summed E-state index contributed by atoms with van der Waals surface area (Å²) in [5.41, 5.74) is 5.31. The Hall–Kier alpha value is -2.16. The minimum absolute atomic E-state index is 0.105. The van der Waals surface area contributed by atoms with Gasteiger partial charge < -0.3 is 26.8 Å². The molecule has 3 atom stereocenters. The fourth-order valence-corrected chi connectivity index (χ4v) is 1.88. The summed E-state index contributed by atoms with van der Waals surface area (Å²) in [4.78, 5) is 46.6. The summed E-state index contributed by atoms with van der Waals surface area (Å²) >= 11 is 0. The molecule has 3 amide bonds. The van der Waals surface area contributed by atoms with E-state index in [1.54, 1.807) is 0 Å². The van der Waals surface area contributed by atoms with Gasteiger partial charge >= 0.3 is 5.97 Å². The summed E-state index contributed by atoms with van der Waals surface area (Å²) in [5, 5.41) is 16.1. The lowest BCUT2D eigenvalue weighted by molar-refractivity contribution is -0.141. The van der Waals surface area contributed by atoms with Crippen molar-refractivity contribution >= 4 is 23.7 Å². The SMILES string of the molecule is CC(C)C[C@H](NC(=O)CCN)C(=O)N[C@@H](C)C(=O)N[C@@H](C)C(=O)O. The number of nitrogens with two attached hydrogens (primary N) is 1. The fourth-order valence-electron chi connectivity index (χ4n) is 1.88. The zero-order valence-corrected chi connectivity index (χ0v) is 14.6. The second-order valence-electron chi connectivity index (χ2n) is 6.09. The molecule has 0 aromatic heterocycles. The molecule has 9 heteroatoms. The second kappa shape index (κ2) is 10.6. The monoisotopic (exact) mass is 344 g/mol. The molecule has 0 spiro atoms. The number of aliphatic carboxylic acids is 1. The van der Waals surface area contributed by atoms with Crippen LogP contribution < -0.4 is 21.7 Å². The highest BCUT2D eigenvalue weighted by molar-refractivity contribution is 5.93. The highest BCUT2D eigenvalue weighted by Crippen LogP contribution is 2.06. The van der Waals surface area contributed by atoms with Gasteiger partial charge in [-0.15, -0.1) is 0 Å².